The van der Waals surface area contributed by atoms with Gasteiger partial charge in [-0.1, -0.05) is 0 Å². The number of likely N-dealkylation sites (tertiary alicyclic amines) is 1. The summed E-state index contributed by atoms with van der Waals surface area (Å²) in [5.41, 5.74) is -1.78. The minimum atomic E-state index is -2.17. The van der Waals surface area contributed by atoms with E-state index in [1.807, 2.05) is 0 Å². The maximum absolute atomic E-state index is 14.3. The molecule has 3 heterocycles. The number of likely N-dealkylation sites (N-methyl/N-ethyl adjacent to an activating group) is 1. The van der Waals surface area contributed by atoms with Gasteiger partial charge in [0.2, 0.25) is 6.29 Å². The van der Waals surface area contributed by atoms with Crippen LogP contribution in [0, 0.1) is 0 Å². The van der Waals surface area contributed by atoms with Crippen molar-refractivity contribution in [3.63, 3.8) is 0 Å². The molecular weight excluding hydrogens is 885 g/mol. The number of aliphatic hydroxyl groups is 4. The maximum atomic E-state index is 14.3. The van der Waals surface area contributed by atoms with Gasteiger partial charge in [-0.05, 0) is 109 Å². The molecule has 0 aromatic heterocycles. The molecule has 23 nitrogen and oxygen atoms in total. The molecule has 5 amide bonds. The smallest absolute Gasteiger partial charge is 0.410 e. The molecule has 0 spiro atoms. The molecule has 0 radical (unpaired) electrons. The van der Waals surface area contributed by atoms with Crippen LogP contribution in [0.15, 0.2) is 11.8 Å². The second kappa shape index (κ2) is 20.8. The first-order valence-corrected chi connectivity index (χ1v) is 22.5. The van der Waals surface area contributed by atoms with Gasteiger partial charge in [0.15, 0.2) is 11.9 Å². The Morgan fingerprint density at radius 2 is 1.28 bits per heavy atom. The first kappa shape index (κ1) is 55.4. The van der Waals surface area contributed by atoms with Crippen LogP contribution in [-0.4, -0.2) is 189 Å². The summed E-state index contributed by atoms with van der Waals surface area (Å²) in [4.78, 5) is 69.3. The Bertz CT molecular complexity index is 1810. The summed E-state index contributed by atoms with van der Waals surface area (Å²) < 4.78 is 46.9. The summed E-state index contributed by atoms with van der Waals surface area (Å²) in [5.74, 6) is -0.700. The van der Waals surface area contributed by atoms with Crippen LogP contribution < -0.4 is 21.7 Å². The Morgan fingerprint density at radius 3 is 1.81 bits per heavy atom. The van der Waals surface area contributed by atoms with Crippen molar-refractivity contribution < 1.29 is 82.3 Å². The molecule has 4 rings (SSSR count). The van der Waals surface area contributed by atoms with E-state index in [1.165, 1.54) is 18.9 Å². The van der Waals surface area contributed by atoms with E-state index in [2.05, 4.69) is 16.0 Å². The summed E-state index contributed by atoms with van der Waals surface area (Å²) in [5, 5.41) is 55.8. The first-order valence-electron chi connectivity index (χ1n) is 22.5. The predicted molar refractivity (Wildman–Crippen MR) is 237 cm³/mol. The molecular formula is C44H76N6O17. The van der Waals surface area contributed by atoms with Gasteiger partial charge in [0.05, 0.1) is 43.9 Å². The Morgan fingerprint density at radius 1 is 0.776 bits per heavy atom. The third kappa shape index (κ3) is 15.4. The van der Waals surface area contributed by atoms with Crippen molar-refractivity contribution in [2.45, 2.75) is 204 Å². The number of hydrogen-bond acceptors (Lipinski definition) is 18. The first-order chi connectivity index (χ1) is 30.5. The Kier molecular flexibility index (Phi) is 17.2. The molecule has 1 saturated carbocycles. The van der Waals surface area contributed by atoms with Gasteiger partial charge in [0.1, 0.15) is 58.2 Å². The molecule has 0 aromatic carbocycles. The summed E-state index contributed by atoms with van der Waals surface area (Å²) in [7, 11) is 1.31. The lowest BCUT2D eigenvalue weighted by atomic mass is 9.82. The maximum Gasteiger partial charge on any atom is 0.410 e. The standard InChI is InChI=1S/C44H76N6O17/c1-39(2,3)64-35(54)47-24-16-15-23(20-45)61-32(24)62-30-26(48-36(55)65-40(4,5)6)19-25(46-34(53)44(59)17-18-50(21-44)38(57)67-42(10,11)12)29(27(30)51)63-33-28(52)31(43(13,58)22-60-33)49(14)37(56)66-41(7,8)9/h15,24-33,51-52,58-59H,16-22,45H2,1-14H3,(H,46,53)(H,47,54)(H,48,55)/t24-,25-,26+,27-,28-,29+,30-,31-,32-,33-,43+,44?/m1/s1. The summed E-state index contributed by atoms with van der Waals surface area (Å²) in [6, 6.07) is -4.98. The number of amides is 5. The lowest BCUT2D eigenvalue weighted by Gasteiger charge is -2.50. The highest BCUT2D eigenvalue weighted by Gasteiger charge is 2.56. The summed E-state index contributed by atoms with van der Waals surface area (Å²) in [6.45, 7) is 20.2. The molecule has 0 aromatic rings. The van der Waals surface area contributed by atoms with Crippen LogP contribution in [0.1, 0.15) is 109 Å². The molecule has 12 atom stereocenters. The highest BCUT2D eigenvalue weighted by Crippen LogP contribution is 2.36. The number of nitrogens with two attached hydrogens (primary N) is 1. The molecule has 3 aliphatic heterocycles. The van der Waals surface area contributed by atoms with Gasteiger partial charge < -0.3 is 89.8 Å². The molecule has 3 fully saturated rings. The number of rotatable bonds is 10. The normalized spacial score (nSPS) is 32.8. The van der Waals surface area contributed by atoms with Crippen molar-refractivity contribution >= 4 is 30.3 Å². The van der Waals surface area contributed by atoms with Gasteiger partial charge in [-0.25, -0.2) is 19.2 Å². The van der Waals surface area contributed by atoms with E-state index in [0.29, 0.717) is 0 Å². The third-order valence-electron chi connectivity index (χ3n) is 10.9. The van der Waals surface area contributed by atoms with Crippen LogP contribution in [0.2, 0.25) is 0 Å². The van der Waals surface area contributed by atoms with E-state index in [0.717, 1.165) is 4.90 Å². The number of alkyl carbamates (subject to hydrolysis) is 2. The number of nitrogens with one attached hydrogen (secondary N) is 3. The molecule has 1 unspecified atom stereocenters. The number of ether oxygens (including phenoxy) is 8. The monoisotopic (exact) mass is 961 g/mol. The van der Waals surface area contributed by atoms with Crippen molar-refractivity contribution in [3.8, 4) is 0 Å². The van der Waals surface area contributed by atoms with Crippen LogP contribution in [0.3, 0.4) is 0 Å². The number of carbonyl (C=O) groups is 5. The quantitative estimate of drug-likeness (QED) is 0.144. The van der Waals surface area contributed by atoms with E-state index in [1.54, 1.807) is 89.2 Å². The highest BCUT2D eigenvalue weighted by molar-refractivity contribution is 5.87. The second-order valence-electron chi connectivity index (χ2n) is 21.9. The molecule has 1 aliphatic carbocycles. The van der Waals surface area contributed by atoms with E-state index in [-0.39, 0.29) is 38.1 Å². The van der Waals surface area contributed by atoms with E-state index in [9.17, 15) is 44.4 Å². The number of aliphatic hydroxyl groups excluding tert-OH is 2. The Balaban J connectivity index is 1.77. The topological polar surface area (TPSA) is 309 Å². The number of nitrogens with zero attached hydrogens (tertiary/aromatic N) is 2. The Labute approximate surface area is 392 Å². The molecule has 9 N–H and O–H groups in total. The van der Waals surface area contributed by atoms with E-state index >= 15 is 0 Å². The Hall–Kier alpha value is -4.23. The molecule has 384 valence electrons. The van der Waals surface area contributed by atoms with Crippen LogP contribution >= 0.6 is 0 Å². The number of carbonyl (C=O) groups excluding carboxylic acids is 5. The fourth-order valence-electron chi connectivity index (χ4n) is 8.02. The number of β-amino-alcohol motifs (C(OH)–C–C–N with tert-alkyl or cyclic N) is 1. The van der Waals surface area contributed by atoms with Crippen molar-refractivity contribution in [2.75, 3.05) is 33.3 Å². The van der Waals surface area contributed by atoms with E-state index < -0.39 is 138 Å². The van der Waals surface area contributed by atoms with Crippen LogP contribution in [-0.2, 0) is 42.7 Å². The lowest BCUT2D eigenvalue weighted by Crippen LogP contribution is -2.71. The molecule has 23 heteroatoms. The molecule has 67 heavy (non-hydrogen) atoms. The largest absolute Gasteiger partial charge is 0.466 e. The minimum Gasteiger partial charge on any atom is -0.466 e. The zero-order chi connectivity index (χ0) is 50.8. The zero-order valence-electron chi connectivity index (χ0n) is 41.4. The van der Waals surface area contributed by atoms with Crippen LogP contribution in [0.5, 0.6) is 0 Å². The van der Waals surface area contributed by atoms with Crippen LogP contribution in [0.25, 0.3) is 0 Å². The lowest BCUT2D eigenvalue weighted by molar-refractivity contribution is -0.311. The molecule has 2 saturated heterocycles. The van der Waals surface area contributed by atoms with Gasteiger partial charge in [-0.2, -0.15) is 0 Å². The third-order valence-corrected chi connectivity index (χ3v) is 10.9. The number of hydrogen-bond donors (Lipinski definition) is 8. The van der Waals surface area contributed by atoms with Gasteiger partial charge in [-0.3, -0.25) is 4.79 Å². The summed E-state index contributed by atoms with van der Waals surface area (Å²) >= 11 is 0. The molecule has 0 bridgehead atoms. The SMILES string of the molecule is CN(C(=O)OC(C)(C)C)[C@@H]1[C@@H](O)[C@@H](O[C@@H]2[C@@H](O)[C@H](O[C@H]3OC(CN)=CC[C@H]3NC(=O)OC(C)(C)C)[C@@H](NC(=O)OC(C)(C)C)C[C@H]2NC(=O)C2(O)CCN(C(=O)OC(C)(C)C)C2)OC[C@]1(C)O. The van der Waals surface area contributed by atoms with Crippen molar-refractivity contribution in [1.29, 1.82) is 0 Å². The fourth-order valence-corrected chi connectivity index (χ4v) is 8.02. The molecule has 4 aliphatic rings. The van der Waals surface area contributed by atoms with Gasteiger partial charge in [-0.15, -0.1) is 0 Å². The van der Waals surface area contributed by atoms with Crippen molar-refractivity contribution in [1.82, 2.24) is 25.8 Å². The minimum absolute atomic E-state index is 0.0432. The summed E-state index contributed by atoms with van der Waals surface area (Å²) in [6.07, 6.45) is -12.1. The second-order valence-corrected chi connectivity index (χ2v) is 21.9. The van der Waals surface area contributed by atoms with Crippen molar-refractivity contribution in [3.05, 3.63) is 11.8 Å². The van der Waals surface area contributed by atoms with Crippen LogP contribution in [0.4, 0.5) is 19.2 Å². The fraction of sp³-hybridized carbons (Fsp3) is 0.841. The predicted octanol–water partition coefficient (Wildman–Crippen LogP) is 1.46. The average molecular weight is 961 g/mol. The van der Waals surface area contributed by atoms with E-state index in [4.69, 9.17) is 43.6 Å². The average Bonchev–Trinajstić information content (AvgIpc) is 3.56. The van der Waals surface area contributed by atoms with Gasteiger partial charge in [0.25, 0.3) is 5.91 Å². The van der Waals surface area contributed by atoms with Gasteiger partial charge >= 0.3 is 24.4 Å². The highest BCUT2D eigenvalue weighted by atomic mass is 16.7. The van der Waals surface area contributed by atoms with Crippen molar-refractivity contribution in [2.24, 2.45) is 5.73 Å². The van der Waals surface area contributed by atoms with Gasteiger partial charge in [0, 0.05) is 20.0 Å². The zero-order valence-corrected chi connectivity index (χ0v) is 41.4.